The molecule has 6 nitrogen and oxygen atoms in total. The number of aromatic nitrogens is 1. The van der Waals surface area contributed by atoms with E-state index in [9.17, 15) is 5.26 Å². The van der Waals surface area contributed by atoms with Crippen LogP contribution in [0, 0.1) is 25.2 Å². The van der Waals surface area contributed by atoms with Crippen molar-refractivity contribution < 1.29 is 9.47 Å². The lowest BCUT2D eigenvalue weighted by molar-refractivity contribution is 0.122. The van der Waals surface area contributed by atoms with Crippen LogP contribution in [-0.4, -0.2) is 37.1 Å². The van der Waals surface area contributed by atoms with Gasteiger partial charge in [0.1, 0.15) is 12.4 Å². The molecule has 1 aliphatic rings. The molecule has 0 atom stereocenters. The Morgan fingerprint density at radius 3 is 2.38 bits per heavy atom. The first-order valence-corrected chi connectivity index (χ1v) is 12.5. The van der Waals surface area contributed by atoms with Gasteiger partial charge in [-0.1, -0.05) is 18.2 Å². The Balaban J connectivity index is 1.27. The van der Waals surface area contributed by atoms with Gasteiger partial charge in [-0.3, -0.25) is 4.99 Å². The van der Waals surface area contributed by atoms with E-state index < -0.39 is 0 Å². The Labute approximate surface area is 218 Å². The first-order chi connectivity index (χ1) is 18.1. The summed E-state index contributed by atoms with van der Waals surface area (Å²) >= 11 is 0. The lowest BCUT2D eigenvalue weighted by atomic mass is 10.1. The van der Waals surface area contributed by atoms with Gasteiger partial charge in [-0.15, -0.1) is 0 Å². The molecule has 0 spiro atoms. The fourth-order valence-electron chi connectivity index (χ4n) is 4.64. The Morgan fingerprint density at radius 1 is 0.946 bits per heavy atom. The molecule has 1 saturated heterocycles. The Kier molecular flexibility index (Phi) is 7.34. The quantitative estimate of drug-likeness (QED) is 0.292. The summed E-state index contributed by atoms with van der Waals surface area (Å²) in [5.41, 5.74) is 8.08. The highest BCUT2D eigenvalue weighted by atomic mass is 16.5. The summed E-state index contributed by atoms with van der Waals surface area (Å²) in [4.78, 5) is 7.07. The van der Waals surface area contributed by atoms with Crippen molar-refractivity contribution in [1.29, 1.82) is 5.26 Å². The molecular formula is C31H30N4O2. The van der Waals surface area contributed by atoms with Crippen molar-refractivity contribution in [3.8, 4) is 17.5 Å². The van der Waals surface area contributed by atoms with Crippen LogP contribution >= 0.6 is 0 Å². The van der Waals surface area contributed by atoms with Gasteiger partial charge in [0, 0.05) is 53.2 Å². The van der Waals surface area contributed by atoms with E-state index in [1.165, 1.54) is 5.69 Å². The first-order valence-electron chi connectivity index (χ1n) is 12.5. The van der Waals surface area contributed by atoms with Crippen LogP contribution in [0.5, 0.6) is 5.75 Å². The van der Waals surface area contributed by atoms with Gasteiger partial charge in [0.15, 0.2) is 0 Å². The monoisotopic (exact) mass is 490 g/mol. The van der Waals surface area contributed by atoms with E-state index >= 15 is 0 Å². The molecular weight excluding hydrogens is 460 g/mol. The van der Waals surface area contributed by atoms with Crippen LogP contribution in [0.15, 0.2) is 83.9 Å². The molecule has 6 heteroatoms. The average molecular weight is 491 g/mol. The van der Waals surface area contributed by atoms with Gasteiger partial charge in [-0.05, 0) is 74.5 Å². The number of anilines is 1. The van der Waals surface area contributed by atoms with Crippen molar-refractivity contribution >= 4 is 17.6 Å². The van der Waals surface area contributed by atoms with E-state index in [0.717, 1.165) is 65.9 Å². The topological polar surface area (TPSA) is 62.8 Å². The number of aryl methyl sites for hydroxylation is 1. The summed E-state index contributed by atoms with van der Waals surface area (Å²) in [6.45, 7) is 7.99. The predicted molar refractivity (Wildman–Crippen MR) is 147 cm³/mol. The maximum atomic E-state index is 9.27. The van der Waals surface area contributed by atoms with Gasteiger partial charge in [0.25, 0.3) is 0 Å². The van der Waals surface area contributed by atoms with Crippen LogP contribution in [0.25, 0.3) is 5.69 Å². The third kappa shape index (κ3) is 5.58. The van der Waals surface area contributed by atoms with Crippen molar-refractivity contribution in [3.05, 3.63) is 107 Å². The molecule has 0 amide bonds. The largest absolute Gasteiger partial charge is 0.489 e. The standard InChI is InChI=1S/C31H30N4O2/c1-23-19-27(21-33-28-7-9-29(10-8-28)34-15-17-36-18-16-34)24(2)35(23)30-11-13-31(14-12-30)37-22-26-6-4-3-5-25(26)20-32/h3-14,19,21H,15-18,22H2,1-2H3. The first kappa shape index (κ1) is 24.4. The number of nitrogens with zero attached hydrogens (tertiary/aromatic N) is 4. The van der Waals surface area contributed by atoms with Crippen LogP contribution in [0.2, 0.25) is 0 Å². The Bertz CT molecular complexity index is 1420. The minimum absolute atomic E-state index is 0.360. The second kappa shape index (κ2) is 11.2. The van der Waals surface area contributed by atoms with Gasteiger partial charge < -0.3 is 18.9 Å². The lowest BCUT2D eigenvalue weighted by Gasteiger charge is -2.28. The molecule has 0 aliphatic carbocycles. The van der Waals surface area contributed by atoms with Crippen LogP contribution in [0.4, 0.5) is 11.4 Å². The molecule has 3 aromatic carbocycles. The van der Waals surface area contributed by atoms with E-state index in [2.05, 4.69) is 71.8 Å². The summed E-state index contributed by atoms with van der Waals surface area (Å²) in [6, 6.07) is 28.3. The maximum Gasteiger partial charge on any atom is 0.119 e. The molecule has 37 heavy (non-hydrogen) atoms. The Morgan fingerprint density at radius 2 is 1.65 bits per heavy atom. The molecule has 0 bridgehead atoms. The summed E-state index contributed by atoms with van der Waals surface area (Å²) in [5.74, 6) is 0.765. The van der Waals surface area contributed by atoms with E-state index in [-0.39, 0.29) is 0 Å². The molecule has 0 saturated carbocycles. The second-order valence-corrected chi connectivity index (χ2v) is 9.09. The van der Waals surface area contributed by atoms with Crippen molar-refractivity contribution in [2.75, 3.05) is 31.2 Å². The smallest absolute Gasteiger partial charge is 0.119 e. The highest BCUT2D eigenvalue weighted by Gasteiger charge is 2.12. The highest BCUT2D eigenvalue weighted by Crippen LogP contribution is 2.24. The summed E-state index contributed by atoms with van der Waals surface area (Å²) in [7, 11) is 0. The minimum Gasteiger partial charge on any atom is -0.489 e. The molecule has 1 aromatic heterocycles. The molecule has 1 aliphatic heterocycles. The zero-order chi connectivity index (χ0) is 25.6. The number of morpholine rings is 1. The highest BCUT2D eigenvalue weighted by molar-refractivity contribution is 5.84. The zero-order valence-corrected chi connectivity index (χ0v) is 21.2. The summed E-state index contributed by atoms with van der Waals surface area (Å²) < 4.78 is 13.6. The summed E-state index contributed by atoms with van der Waals surface area (Å²) in [6.07, 6.45) is 1.94. The van der Waals surface area contributed by atoms with Crippen molar-refractivity contribution in [2.45, 2.75) is 20.5 Å². The van der Waals surface area contributed by atoms with E-state index in [1.807, 2.05) is 36.5 Å². The van der Waals surface area contributed by atoms with Crippen LogP contribution in [0.1, 0.15) is 28.1 Å². The molecule has 0 unspecified atom stereocenters. The van der Waals surface area contributed by atoms with Crippen molar-refractivity contribution in [2.24, 2.45) is 4.99 Å². The van der Waals surface area contributed by atoms with Crippen molar-refractivity contribution in [1.82, 2.24) is 4.57 Å². The third-order valence-electron chi connectivity index (χ3n) is 6.68. The fraction of sp³-hybridized carbons (Fsp3) is 0.226. The fourth-order valence-corrected chi connectivity index (χ4v) is 4.64. The number of rotatable bonds is 7. The van der Waals surface area contributed by atoms with E-state index in [0.29, 0.717) is 12.2 Å². The molecule has 5 rings (SSSR count). The molecule has 1 fully saturated rings. The van der Waals surface area contributed by atoms with Crippen molar-refractivity contribution in [3.63, 3.8) is 0 Å². The number of nitriles is 1. The minimum atomic E-state index is 0.360. The van der Waals surface area contributed by atoms with Gasteiger partial charge in [-0.2, -0.15) is 5.26 Å². The maximum absolute atomic E-state index is 9.27. The number of hydrogen-bond acceptors (Lipinski definition) is 5. The molecule has 0 radical (unpaired) electrons. The normalized spacial score (nSPS) is 13.6. The van der Waals surface area contributed by atoms with Crippen LogP contribution in [0.3, 0.4) is 0 Å². The molecule has 186 valence electrons. The number of hydrogen-bond donors (Lipinski definition) is 0. The second-order valence-electron chi connectivity index (χ2n) is 9.09. The number of benzene rings is 3. The number of ether oxygens (including phenoxy) is 2. The molecule has 2 heterocycles. The lowest BCUT2D eigenvalue weighted by Crippen LogP contribution is -2.36. The van der Waals surface area contributed by atoms with Gasteiger partial charge >= 0.3 is 0 Å². The number of aliphatic imine (C=N–C) groups is 1. The SMILES string of the molecule is Cc1cc(C=Nc2ccc(N3CCOCC3)cc2)c(C)n1-c1ccc(OCc2ccccc2C#N)cc1. The van der Waals surface area contributed by atoms with E-state index in [4.69, 9.17) is 14.5 Å². The Hall–Kier alpha value is -4.34. The zero-order valence-electron chi connectivity index (χ0n) is 21.2. The van der Waals surface area contributed by atoms with Gasteiger partial charge in [0.2, 0.25) is 0 Å². The average Bonchev–Trinajstić information content (AvgIpc) is 3.24. The van der Waals surface area contributed by atoms with E-state index in [1.54, 1.807) is 6.07 Å². The van der Waals surface area contributed by atoms with Crippen LogP contribution in [-0.2, 0) is 11.3 Å². The van der Waals surface area contributed by atoms with Crippen LogP contribution < -0.4 is 9.64 Å². The summed E-state index contributed by atoms with van der Waals surface area (Å²) in [5, 5.41) is 9.27. The predicted octanol–water partition coefficient (Wildman–Crippen LogP) is 6.13. The molecule has 4 aromatic rings. The van der Waals surface area contributed by atoms with Gasteiger partial charge in [-0.25, -0.2) is 0 Å². The molecule has 0 N–H and O–H groups in total. The van der Waals surface area contributed by atoms with Gasteiger partial charge in [0.05, 0.1) is 30.5 Å². The third-order valence-corrected chi connectivity index (χ3v) is 6.68.